The first-order valence-electron chi connectivity index (χ1n) is 6.70. The highest BCUT2D eigenvalue weighted by Crippen LogP contribution is 2.25. The van der Waals surface area contributed by atoms with Crippen molar-refractivity contribution in [2.75, 3.05) is 30.3 Å². The number of thioether (sulfide) groups is 1. The zero-order valence-electron chi connectivity index (χ0n) is 11.2. The third-order valence-corrected chi connectivity index (χ3v) is 7.02. The van der Waals surface area contributed by atoms with Gasteiger partial charge in [0.15, 0.2) is 9.84 Å². The van der Waals surface area contributed by atoms with Gasteiger partial charge in [0, 0.05) is 18.3 Å². The molecule has 2 fully saturated rings. The molecule has 2 rings (SSSR count). The number of amides is 1. The van der Waals surface area contributed by atoms with E-state index in [0.29, 0.717) is 25.8 Å². The van der Waals surface area contributed by atoms with Gasteiger partial charge in [-0.15, -0.1) is 11.8 Å². The molecule has 1 amide bonds. The van der Waals surface area contributed by atoms with E-state index >= 15 is 0 Å². The second-order valence-electron chi connectivity index (χ2n) is 5.35. The Balaban J connectivity index is 1.79. The second-order valence-corrected chi connectivity index (χ2v) is 8.87. The van der Waals surface area contributed by atoms with E-state index in [4.69, 9.17) is 5.11 Å². The van der Waals surface area contributed by atoms with Gasteiger partial charge in [-0.3, -0.25) is 9.59 Å². The fourth-order valence-corrected chi connectivity index (χ4v) is 6.12. The van der Waals surface area contributed by atoms with Crippen LogP contribution < -0.4 is 0 Å². The number of carbonyl (C=O) groups is 2. The molecule has 0 spiro atoms. The molecule has 0 bridgehead atoms. The van der Waals surface area contributed by atoms with Gasteiger partial charge >= 0.3 is 5.97 Å². The van der Waals surface area contributed by atoms with Gasteiger partial charge in [0.25, 0.3) is 0 Å². The van der Waals surface area contributed by atoms with E-state index in [1.54, 1.807) is 4.90 Å². The molecular formula is C12H19NO5S2. The molecule has 2 aliphatic heterocycles. The third-order valence-electron chi connectivity index (χ3n) is 3.76. The zero-order chi connectivity index (χ0) is 14.8. The Labute approximate surface area is 122 Å². The maximum Gasteiger partial charge on any atom is 0.308 e. The first-order valence-corrected chi connectivity index (χ1v) is 9.57. The van der Waals surface area contributed by atoms with Crippen LogP contribution in [0.2, 0.25) is 0 Å². The van der Waals surface area contributed by atoms with Crippen LogP contribution in [-0.2, 0) is 19.4 Å². The van der Waals surface area contributed by atoms with Gasteiger partial charge in [-0.05, 0) is 19.3 Å². The Hall–Kier alpha value is -0.760. The molecule has 2 saturated heterocycles. The van der Waals surface area contributed by atoms with E-state index in [9.17, 15) is 18.0 Å². The van der Waals surface area contributed by atoms with Crippen molar-refractivity contribution in [2.24, 2.45) is 5.92 Å². The minimum absolute atomic E-state index is 0.00371. The molecule has 6 nitrogen and oxygen atoms in total. The number of rotatable bonds is 4. The van der Waals surface area contributed by atoms with Crippen molar-refractivity contribution >= 4 is 33.5 Å². The largest absolute Gasteiger partial charge is 0.481 e. The van der Waals surface area contributed by atoms with Crippen molar-refractivity contribution in [1.82, 2.24) is 4.90 Å². The average molecular weight is 321 g/mol. The van der Waals surface area contributed by atoms with Crippen LogP contribution in [0.15, 0.2) is 0 Å². The monoisotopic (exact) mass is 321 g/mol. The lowest BCUT2D eigenvalue weighted by atomic mass is 9.98. The number of nitrogens with zero attached hydrogens (tertiary/aromatic N) is 1. The van der Waals surface area contributed by atoms with E-state index in [0.717, 1.165) is 0 Å². The Bertz CT molecular complexity index is 490. The Morgan fingerprint density at radius 1 is 1.30 bits per heavy atom. The molecule has 0 aliphatic carbocycles. The molecule has 0 aromatic carbocycles. The quantitative estimate of drug-likeness (QED) is 0.797. The highest BCUT2D eigenvalue weighted by atomic mass is 32.2. The summed E-state index contributed by atoms with van der Waals surface area (Å²) in [6.45, 7) is 0.879. The average Bonchev–Trinajstić information content (AvgIpc) is 2.75. The minimum Gasteiger partial charge on any atom is -0.481 e. The molecule has 8 heteroatoms. The van der Waals surface area contributed by atoms with Crippen LogP contribution in [0.3, 0.4) is 0 Å². The second kappa shape index (κ2) is 6.34. The molecule has 2 heterocycles. The summed E-state index contributed by atoms with van der Waals surface area (Å²) in [4.78, 5) is 24.6. The standard InChI is InChI=1S/C12H19NO5S2/c14-11(7-19-10-3-5-20(17,18)8-10)13-4-1-2-9(6-13)12(15)16/h9-10H,1-8H2,(H,15,16). The van der Waals surface area contributed by atoms with E-state index in [2.05, 4.69) is 0 Å². The third kappa shape index (κ3) is 4.12. The Morgan fingerprint density at radius 2 is 2.05 bits per heavy atom. The number of piperidine rings is 1. The van der Waals surface area contributed by atoms with Gasteiger partial charge in [-0.1, -0.05) is 0 Å². The Morgan fingerprint density at radius 3 is 2.65 bits per heavy atom. The summed E-state index contributed by atoms with van der Waals surface area (Å²) < 4.78 is 22.7. The molecule has 114 valence electrons. The first kappa shape index (κ1) is 15.6. The summed E-state index contributed by atoms with van der Waals surface area (Å²) >= 11 is 1.38. The number of likely N-dealkylation sites (tertiary alicyclic amines) is 1. The van der Waals surface area contributed by atoms with E-state index < -0.39 is 21.7 Å². The minimum atomic E-state index is -2.91. The number of carboxylic acids is 1. The lowest BCUT2D eigenvalue weighted by Gasteiger charge is -2.30. The summed E-state index contributed by atoms with van der Waals surface area (Å²) in [5, 5.41) is 8.99. The molecule has 2 atom stereocenters. The van der Waals surface area contributed by atoms with Crippen LogP contribution in [0.5, 0.6) is 0 Å². The molecular weight excluding hydrogens is 302 g/mol. The van der Waals surface area contributed by atoms with Crippen molar-refractivity contribution in [3.63, 3.8) is 0 Å². The van der Waals surface area contributed by atoms with Crippen LogP contribution in [0.25, 0.3) is 0 Å². The molecule has 1 N–H and O–H groups in total. The van der Waals surface area contributed by atoms with Crippen LogP contribution in [0.4, 0.5) is 0 Å². The van der Waals surface area contributed by atoms with Gasteiger partial charge in [-0.25, -0.2) is 8.42 Å². The molecule has 20 heavy (non-hydrogen) atoms. The number of aliphatic carboxylic acids is 1. The fraction of sp³-hybridized carbons (Fsp3) is 0.833. The van der Waals surface area contributed by atoms with Crippen molar-refractivity contribution < 1.29 is 23.1 Å². The lowest BCUT2D eigenvalue weighted by Crippen LogP contribution is -2.43. The van der Waals surface area contributed by atoms with E-state index in [1.165, 1.54) is 11.8 Å². The molecule has 0 aromatic rings. The molecule has 2 unspecified atom stereocenters. The summed E-state index contributed by atoms with van der Waals surface area (Å²) in [6.07, 6.45) is 1.94. The summed E-state index contributed by atoms with van der Waals surface area (Å²) in [5.74, 6) is -0.786. The molecule has 0 radical (unpaired) electrons. The zero-order valence-corrected chi connectivity index (χ0v) is 12.8. The van der Waals surface area contributed by atoms with Crippen LogP contribution in [0, 0.1) is 5.92 Å². The van der Waals surface area contributed by atoms with Crippen LogP contribution in [-0.4, -0.2) is 65.9 Å². The van der Waals surface area contributed by atoms with Crippen molar-refractivity contribution in [3.05, 3.63) is 0 Å². The van der Waals surface area contributed by atoms with Crippen LogP contribution in [0.1, 0.15) is 19.3 Å². The van der Waals surface area contributed by atoms with Crippen molar-refractivity contribution in [2.45, 2.75) is 24.5 Å². The summed E-state index contributed by atoms with van der Waals surface area (Å²) in [7, 11) is -2.91. The number of carbonyl (C=O) groups excluding carboxylic acids is 1. The normalized spacial score (nSPS) is 29.3. The van der Waals surface area contributed by atoms with Crippen molar-refractivity contribution in [3.8, 4) is 0 Å². The van der Waals surface area contributed by atoms with E-state index in [1.807, 2.05) is 0 Å². The van der Waals surface area contributed by atoms with Gasteiger partial charge in [0.2, 0.25) is 5.91 Å². The predicted octanol–water partition coefficient (Wildman–Crippen LogP) is 0.230. The molecule has 0 aromatic heterocycles. The summed E-state index contributed by atoms with van der Waals surface area (Å²) in [6, 6.07) is 0. The van der Waals surface area contributed by atoms with Gasteiger partial charge in [0.1, 0.15) is 0 Å². The fourth-order valence-electron chi connectivity index (χ4n) is 2.58. The maximum absolute atomic E-state index is 12.0. The van der Waals surface area contributed by atoms with Gasteiger partial charge < -0.3 is 10.0 Å². The van der Waals surface area contributed by atoms with Gasteiger partial charge in [0.05, 0.1) is 23.2 Å². The SMILES string of the molecule is O=C(O)C1CCCN(C(=O)CSC2CCS(=O)(=O)C2)C1. The number of carboxylic acid groups (broad SMARTS) is 1. The predicted molar refractivity (Wildman–Crippen MR) is 76.5 cm³/mol. The highest BCUT2D eigenvalue weighted by Gasteiger charge is 2.31. The van der Waals surface area contributed by atoms with E-state index in [-0.39, 0.29) is 35.0 Å². The number of hydrogen-bond donors (Lipinski definition) is 1. The highest BCUT2D eigenvalue weighted by molar-refractivity contribution is 8.02. The smallest absolute Gasteiger partial charge is 0.308 e. The summed E-state index contributed by atoms with van der Waals surface area (Å²) in [5.41, 5.74) is 0. The molecule has 2 aliphatic rings. The number of sulfone groups is 1. The lowest BCUT2D eigenvalue weighted by molar-refractivity contribution is -0.145. The van der Waals surface area contributed by atoms with Crippen LogP contribution >= 0.6 is 11.8 Å². The topological polar surface area (TPSA) is 91.8 Å². The molecule has 0 saturated carbocycles. The maximum atomic E-state index is 12.0. The van der Waals surface area contributed by atoms with Crippen molar-refractivity contribution in [1.29, 1.82) is 0 Å². The van der Waals surface area contributed by atoms with Gasteiger partial charge in [-0.2, -0.15) is 0 Å². The number of hydrogen-bond acceptors (Lipinski definition) is 5. The Kier molecular flexibility index (Phi) is 4.95. The first-order chi connectivity index (χ1) is 9.37.